The smallest absolute Gasteiger partial charge is 0.490 e. The molecule has 0 N–H and O–H groups in total. The first-order chi connectivity index (χ1) is 23.0. The van der Waals surface area contributed by atoms with E-state index >= 15 is 0 Å². The minimum atomic E-state index is -4.92. The Morgan fingerprint density at radius 1 is 0.917 bits per heavy atom. The number of fused-ring (bicyclic) bond motifs is 2. The van der Waals surface area contributed by atoms with Gasteiger partial charge in [0.15, 0.2) is 0 Å². The Morgan fingerprint density at radius 2 is 1.65 bits per heavy atom. The van der Waals surface area contributed by atoms with Crippen molar-refractivity contribution in [3.05, 3.63) is 119 Å². The van der Waals surface area contributed by atoms with Crippen molar-refractivity contribution in [2.45, 2.75) is 39.3 Å². The van der Waals surface area contributed by atoms with Crippen LogP contribution in [0.5, 0.6) is 17.2 Å². The minimum Gasteiger partial charge on any atom is -0.490 e. The fourth-order valence-electron chi connectivity index (χ4n) is 5.93. The molecule has 0 aliphatic carbocycles. The Kier molecular flexibility index (Phi) is 9.03. The Labute approximate surface area is 275 Å². The first-order valence-electron chi connectivity index (χ1n) is 15.3. The highest BCUT2D eigenvalue weighted by molar-refractivity contribution is 6.05. The zero-order valence-electron chi connectivity index (χ0n) is 26.5. The van der Waals surface area contributed by atoms with Gasteiger partial charge in [0, 0.05) is 23.7 Å². The van der Waals surface area contributed by atoms with Gasteiger partial charge in [0.1, 0.15) is 36.6 Å². The van der Waals surface area contributed by atoms with E-state index in [0.29, 0.717) is 46.8 Å². The molecule has 0 saturated heterocycles. The van der Waals surface area contributed by atoms with Gasteiger partial charge in [-0.2, -0.15) is 0 Å². The van der Waals surface area contributed by atoms with Crippen LogP contribution in [0.4, 0.5) is 18.9 Å². The molecule has 1 atom stereocenters. The van der Waals surface area contributed by atoms with Crippen molar-refractivity contribution in [1.82, 2.24) is 4.57 Å². The van der Waals surface area contributed by atoms with E-state index in [-0.39, 0.29) is 24.5 Å². The Hall–Kier alpha value is -5.45. The van der Waals surface area contributed by atoms with E-state index in [4.69, 9.17) is 14.2 Å². The minimum absolute atomic E-state index is 0.0310. The van der Waals surface area contributed by atoms with Gasteiger partial charge >= 0.3 is 12.3 Å². The molecule has 0 saturated carbocycles. The SMILES string of the molecule is Cc1cc(OC[C@@H]2CN(C)c3ccccc3O2)ccc1C(=O)n1c(C)c(CC(=O)OCc2ccccc2)c2cc(OC(F)(F)F)ccc21. The summed E-state index contributed by atoms with van der Waals surface area (Å²) in [6.45, 7) is 4.39. The van der Waals surface area contributed by atoms with Crippen molar-refractivity contribution in [1.29, 1.82) is 0 Å². The van der Waals surface area contributed by atoms with Gasteiger partial charge in [0.25, 0.3) is 5.91 Å². The number of hydrogen-bond acceptors (Lipinski definition) is 7. The monoisotopic (exact) mass is 658 g/mol. The van der Waals surface area contributed by atoms with Crippen LogP contribution < -0.4 is 19.1 Å². The van der Waals surface area contributed by atoms with E-state index in [1.807, 2.05) is 61.6 Å². The predicted octanol–water partition coefficient (Wildman–Crippen LogP) is 7.41. The number of hydrogen-bond donors (Lipinski definition) is 0. The molecule has 1 aromatic heterocycles. The molecule has 1 aliphatic heterocycles. The van der Waals surface area contributed by atoms with Gasteiger partial charge in [-0.25, -0.2) is 0 Å². The fourth-order valence-corrected chi connectivity index (χ4v) is 5.93. The summed E-state index contributed by atoms with van der Waals surface area (Å²) in [7, 11) is 2.00. The molecule has 6 rings (SSSR count). The molecule has 8 nitrogen and oxygen atoms in total. The van der Waals surface area contributed by atoms with Gasteiger partial charge in [-0.1, -0.05) is 42.5 Å². The number of nitrogens with zero attached hydrogens (tertiary/aromatic N) is 2. The van der Waals surface area contributed by atoms with Crippen molar-refractivity contribution >= 4 is 28.5 Å². The summed E-state index contributed by atoms with van der Waals surface area (Å²) in [6, 6.07) is 25.7. The summed E-state index contributed by atoms with van der Waals surface area (Å²) in [5.74, 6) is -0.132. The molecule has 48 heavy (non-hydrogen) atoms. The summed E-state index contributed by atoms with van der Waals surface area (Å²) < 4.78 is 62.4. The van der Waals surface area contributed by atoms with Gasteiger partial charge in [-0.05, 0) is 79.1 Å². The Morgan fingerprint density at radius 3 is 2.40 bits per heavy atom. The second kappa shape index (κ2) is 13.3. The van der Waals surface area contributed by atoms with Crippen molar-refractivity contribution in [3.8, 4) is 17.2 Å². The quantitative estimate of drug-likeness (QED) is 0.153. The Bertz CT molecular complexity index is 1970. The molecule has 0 bridgehead atoms. The molecule has 0 spiro atoms. The molecule has 11 heteroatoms. The molecule has 5 aromatic rings. The number of anilines is 1. The first-order valence-corrected chi connectivity index (χ1v) is 15.3. The van der Waals surface area contributed by atoms with E-state index in [9.17, 15) is 22.8 Å². The second-order valence-corrected chi connectivity index (χ2v) is 11.6. The normalized spacial score (nSPS) is 14.3. The van der Waals surface area contributed by atoms with Crippen LogP contribution in [0.2, 0.25) is 0 Å². The largest absolute Gasteiger partial charge is 0.573 e. The van der Waals surface area contributed by atoms with Crippen LogP contribution in [-0.4, -0.2) is 49.1 Å². The maximum Gasteiger partial charge on any atom is 0.573 e. The fraction of sp³-hybridized carbons (Fsp3) is 0.243. The number of carbonyl (C=O) groups excluding carboxylic acids is 2. The summed E-state index contributed by atoms with van der Waals surface area (Å²) in [5.41, 5.74) is 3.88. The van der Waals surface area contributed by atoms with Crippen molar-refractivity contribution in [2.24, 2.45) is 0 Å². The number of benzene rings is 4. The second-order valence-electron chi connectivity index (χ2n) is 11.6. The molecule has 0 fully saturated rings. The first kappa shape index (κ1) is 32.5. The lowest BCUT2D eigenvalue weighted by Gasteiger charge is -2.33. The lowest BCUT2D eigenvalue weighted by molar-refractivity contribution is -0.274. The summed E-state index contributed by atoms with van der Waals surface area (Å²) in [5, 5.41) is 0.274. The van der Waals surface area contributed by atoms with Crippen LogP contribution in [0.3, 0.4) is 0 Å². The van der Waals surface area contributed by atoms with E-state index in [1.54, 1.807) is 32.0 Å². The number of esters is 1. The third kappa shape index (κ3) is 7.10. The van der Waals surface area contributed by atoms with E-state index < -0.39 is 24.0 Å². The molecule has 248 valence electrons. The van der Waals surface area contributed by atoms with Gasteiger partial charge in [0.05, 0.1) is 24.2 Å². The van der Waals surface area contributed by atoms with E-state index in [0.717, 1.165) is 23.1 Å². The van der Waals surface area contributed by atoms with Crippen LogP contribution in [0.25, 0.3) is 10.9 Å². The molecule has 0 unspecified atom stereocenters. The number of aryl methyl sites for hydroxylation is 1. The molecule has 0 radical (unpaired) electrons. The summed E-state index contributed by atoms with van der Waals surface area (Å²) >= 11 is 0. The molecular weight excluding hydrogens is 625 g/mol. The summed E-state index contributed by atoms with van der Waals surface area (Å²) in [6.07, 6.45) is -5.38. The number of halogens is 3. The molecule has 1 aliphatic rings. The summed E-state index contributed by atoms with van der Waals surface area (Å²) in [4.78, 5) is 29.1. The number of alkyl halides is 3. The van der Waals surface area contributed by atoms with Crippen LogP contribution in [0, 0.1) is 13.8 Å². The average molecular weight is 659 g/mol. The molecular formula is C37H33F3N2O6. The molecule has 0 amide bonds. The van der Waals surface area contributed by atoms with Gasteiger partial charge in [-0.15, -0.1) is 13.2 Å². The van der Waals surface area contributed by atoms with Crippen LogP contribution in [0.1, 0.15) is 32.7 Å². The lowest BCUT2D eigenvalue weighted by atomic mass is 10.1. The van der Waals surface area contributed by atoms with Crippen molar-refractivity contribution in [2.75, 3.05) is 25.1 Å². The third-order valence-electron chi connectivity index (χ3n) is 8.22. The number of rotatable bonds is 9. The topological polar surface area (TPSA) is 79.2 Å². The molecule has 4 aromatic carbocycles. The van der Waals surface area contributed by atoms with Crippen LogP contribution in [-0.2, 0) is 22.6 Å². The number of likely N-dealkylation sites (N-methyl/N-ethyl adjacent to an activating group) is 1. The predicted molar refractivity (Wildman–Crippen MR) is 174 cm³/mol. The number of para-hydroxylation sites is 2. The Balaban J connectivity index is 1.24. The standard InChI is InChI=1S/C37H33F3N2O6/c1-23-17-26(45-22-28-20-41(3)33-11-7-8-12-34(33)47-28)13-15-29(23)36(44)42-24(2)30(19-35(43)46-21-25-9-5-4-6-10-25)31-18-27(14-16-32(31)42)48-37(38,39)40/h4-18,28H,19-22H2,1-3H3/t28-/m0/s1. The highest BCUT2D eigenvalue weighted by Crippen LogP contribution is 2.34. The lowest BCUT2D eigenvalue weighted by Crippen LogP contribution is -2.41. The zero-order valence-corrected chi connectivity index (χ0v) is 26.5. The average Bonchev–Trinajstić information content (AvgIpc) is 3.32. The number of ether oxygens (including phenoxy) is 4. The number of aromatic nitrogens is 1. The molecule has 2 heterocycles. The highest BCUT2D eigenvalue weighted by atomic mass is 19.4. The van der Waals surface area contributed by atoms with Gasteiger partial charge < -0.3 is 23.8 Å². The van der Waals surface area contributed by atoms with Gasteiger partial charge in [-0.3, -0.25) is 14.2 Å². The highest BCUT2D eigenvalue weighted by Gasteiger charge is 2.32. The third-order valence-corrected chi connectivity index (χ3v) is 8.22. The zero-order chi connectivity index (χ0) is 34.0. The van der Waals surface area contributed by atoms with E-state index in [2.05, 4.69) is 9.64 Å². The maximum atomic E-state index is 14.1. The maximum absolute atomic E-state index is 14.1. The van der Waals surface area contributed by atoms with E-state index in [1.165, 1.54) is 16.7 Å². The number of carbonyl (C=O) groups is 2. The van der Waals surface area contributed by atoms with Gasteiger partial charge in [0.2, 0.25) is 0 Å². The van der Waals surface area contributed by atoms with Crippen LogP contribution in [0.15, 0.2) is 91.0 Å². The van der Waals surface area contributed by atoms with Crippen molar-refractivity contribution in [3.63, 3.8) is 0 Å². The van der Waals surface area contributed by atoms with Crippen LogP contribution >= 0.6 is 0 Å². The van der Waals surface area contributed by atoms with Crippen molar-refractivity contribution < 1.29 is 41.7 Å².